The molecule has 1 rings (SSSR count). The molecule has 0 bridgehead atoms. The lowest BCUT2D eigenvalue weighted by molar-refractivity contribution is -0.176. The fourth-order valence-corrected chi connectivity index (χ4v) is 1.97. The monoisotopic (exact) mass is 326 g/mol. The molecule has 8 heteroatoms. The summed E-state index contributed by atoms with van der Waals surface area (Å²) in [4.78, 5) is 22.5. The topological polar surface area (TPSA) is 52.6 Å². The summed E-state index contributed by atoms with van der Waals surface area (Å²) < 4.78 is 57.7. The van der Waals surface area contributed by atoms with Gasteiger partial charge in [0.1, 0.15) is 6.10 Å². The third kappa shape index (κ3) is 6.44. The first kappa shape index (κ1) is 18.4. The zero-order valence-corrected chi connectivity index (χ0v) is 12.1. The van der Waals surface area contributed by atoms with Crippen LogP contribution in [0.15, 0.2) is 12.2 Å². The van der Waals surface area contributed by atoms with Crippen molar-refractivity contribution in [3.8, 4) is 0 Å². The van der Waals surface area contributed by atoms with E-state index in [0.717, 1.165) is 31.8 Å². The first-order chi connectivity index (χ1) is 10.2. The van der Waals surface area contributed by atoms with Gasteiger partial charge in [-0.1, -0.05) is 6.92 Å². The normalized spacial score (nSPS) is 22.8. The van der Waals surface area contributed by atoms with Gasteiger partial charge in [-0.05, 0) is 31.6 Å². The Balaban J connectivity index is 2.31. The van der Waals surface area contributed by atoms with Gasteiger partial charge in [0, 0.05) is 12.2 Å². The summed E-state index contributed by atoms with van der Waals surface area (Å²) in [5.74, 6) is -5.94. The molecular weight excluding hydrogens is 308 g/mol. The molecule has 1 fully saturated rings. The average Bonchev–Trinajstić information content (AvgIpc) is 2.45. The second kappa shape index (κ2) is 8.14. The summed E-state index contributed by atoms with van der Waals surface area (Å²) in [6, 6.07) is 0. The lowest BCUT2D eigenvalue weighted by Crippen LogP contribution is -2.33. The maximum absolute atomic E-state index is 12.5. The molecule has 22 heavy (non-hydrogen) atoms. The van der Waals surface area contributed by atoms with Crippen LogP contribution in [-0.4, -0.2) is 37.0 Å². The Kier molecular flexibility index (Phi) is 6.83. The van der Waals surface area contributed by atoms with Gasteiger partial charge in [-0.25, -0.2) is 18.4 Å². The van der Waals surface area contributed by atoms with Crippen LogP contribution in [0.25, 0.3) is 0 Å². The average molecular weight is 326 g/mol. The van der Waals surface area contributed by atoms with Gasteiger partial charge >= 0.3 is 24.3 Å². The molecule has 126 valence electrons. The van der Waals surface area contributed by atoms with Crippen molar-refractivity contribution in [2.24, 2.45) is 5.92 Å². The minimum Gasteiger partial charge on any atom is -0.459 e. The number of halogens is 4. The number of alkyl halides is 4. The molecule has 0 aliphatic heterocycles. The quantitative estimate of drug-likeness (QED) is 0.427. The summed E-state index contributed by atoms with van der Waals surface area (Å²) in [6.07, 6.45) is 0.489. The molecule has 0 aromatic carbocycles. The van der Waals surface area contributed by atoms with Crippen LogP contribution in [0, 0.1) is 5.92 Å². The van der Waals surface area contributed by atoms with E-state index in [4.69, 9.17) is 4.74 Å². The number of rotatable bonds is 6. The highest BCUT2D eigenvalue weighted by Gasteiger charge is 2.42. The molecule has 0 N–H and O–H groups in total. The summed E-state index contributed by atoms with van der Waals surface area (Å²) >= 11 is 0. The number of esters is 2. The smallest absolute Gasteiger partial charge is 0.340 e. The third-order valence-electron chi connectivity index (χ3n) is 3.33. The lowest BCUT2D eigenvalue weighted by Gasteiger charge is -2.25. The van der Waals surface area contributed by atoms with E-state index in [2.05, 4.69) is 11.7 Å². The predicted molar refractivity (Wildman–Crippen MR) is 68.6 cm³/mol. The van der Waals surface area contributed by atoms with E-state index < -0.39 is 30.9 Å². The molecule has 4 nitrogen and oxygen atoms in total. The number of hydrogen-bond donors (Lipinski definition) is 0. The number of carbonyl (C=O) groups excluding carboxylic acids is 2. The molecule has 0 atom stereocenters. The van der Waals surface area contributed by atoms with Crippen molar-refractivity contribution >= 4 is 11.9 Å². The maximum Gasteiger partial charge on any atom is 0.340 e. The fourth-order valence-electron chi connectivity index (χ4n) is 1.97. The molecule has 0 saturated heterocycles. The van der Waals surface area contributed by atoms with Gasteiger partial charge < -0.3 is 9.47 Å². The highest BCUT2D eigenvalue weighted by molar-refractivity contribution is 5.91. The molecule has 1 saturated carbocycles. The fraction of sp³-hybridized carbons (Fsp3) is 0.714. The summed E-state index contributed by atoms with van der Waals surface area (Å²) in [5, 5.41) is 0. The van der Waals surface area contributed by atoms with E-state index in [1.54, 1.807) is 0 Å². The first-order valence-corrected chi connectivity index (χ1v) is 6.92. The molecular formula is C14H18F4O4. The van der Waals surface area contributed by atoms with Gasteiger partial charge in [0.2, 0.25) is 0 Å². The SMILES string of the molecule is CC1CCC(OC(=O)/C=C/C(=O)OCC(F)(F)C(F)F)CC1. The Morgan fingerprint density at radius 3 is 2.23 bits per heavy atom. The molecule has 0 unspecified atom stereocenters. The molecule has 0 radical (unpaired) electrons. The zero-order valence-electron chi connectivity index (χ0n) is 12.1. The van der Waals surface area contributed by atoms with Crippen LogP contribution < -0.4 is 0 Å². The van der Waals surface area contributed by atoms with Gasteiger partial charge in [0.05, 0.1) is 0 Å². The van der Waals surface area contributed by atoms with Crippen LogP contribution in [0.5, 0.6) is 0 Å². The first-order valence-electron chi connectivity index (χ1n) is 6.92. The van der Waals surface area contributed by atoms with Crippen LogP contribution in [0.4, 0.5) is 17.6 Å². The molecule has 0 spiro atoms. The van der Waals surface area contributed by atoms with Crippen molar-refractivity contribution < 1.29 is 36.6 Å². The van der Waals surface area contributed by atoms with Crippen LogP contribution in [-0.2, 0) is 19.1 Å². The Bertz CT molecular complexity index is 415. The molecule has 0 aromatic rings. The van der Waals surface area contributed by atoms with Crippen LogP contribution in [0.3, 0.4) is 0 Å². The number of carbonyl (C=O) groups is 2. The molecule has 1 aliphatic rings. The largest absolute Gasteiger partial charge is 0.459 e. The molecule has 0 amide bonds. The molecule has 0 aromatic heterocycles. The predicted octanol–water partition coefficient (Wildman–Crippen LogP) is 3.11. The van der Waals surface area contributed by atoms with Gasteiger partial charge in [0.25, 0.3) is 0 Å². The van der Waals surface area contributed by atoms with E-state index in [0.29, 0.717) is 12.0 Å². The summed E-state index contributed by atoms with van der Waals surface area (Å²) in [6.45, 7) is 0.354. The molecule has 0 heterocycles. The van der Waals surface area contributed by atoms with Gasteiger partial charge in [-0.3, -0.25) is 0 Å². The van der Waals surface area contributed by atoms with Crippen molar-refractivity contribution in [2.75, 3.05) is 6.61 Å². The third-order valence-corrected chi connectivity index (χ3v) is 3.33. The Morgan fingerprint density at radius 2 is 1.68 bits per heavy atom. The van der Waals surface area contributed by atoms with E-state index in [1.165, 1.54) is 0 Å². The van der Waals surface area contributed by atoms with Gasteiger partial charge in [-0.2, -0.15) is 8.78 Å². The maximum atomic E-state index is 12.5. The minimum absolute atomic E-state index is 0.229. The van der Waals surface area contributed by atoms with Crippen LogP contribution in [0.2, 0.25) is 0 Å². The number of ether oxygens (including phenoxy) is 2. The van der Waals surface area contributed by atoms with Crippen LogP contribution >= 0.6 is 0 Å². The summed E-state index contributed by atoms with van der Waals surface area (Å²) in [7, 11) is 0. The second-order valence-electron chi connectivity index (χ2n) is 5.32. The van der Waals surface area contributed by atoms with E-state index in [9.17, 15) is 27.2 Å². The Morgan fingerprint density at radius 1 is 1.14 bits per heavy atom. The van der Waals surface area contributed by atoms with Crippen molar-refractivity contribution in [3.05, 3.63) is 12.2 Å². The van der Waals surface area contributed by atoms with Crippen LogP contribution in [0.1, 0.15) is 32.6 Å². The molecule has 1 aliphatic carbocycles. The van der Waals surface area contributed by atoms with E-state index in [1.807, 2.05) is 0 Å². The lowest BCUT2D eigenvalue weighted by atomic mass is 9.89. The highest BCUT2D eigenvalue weighted by atomic mass is 19.3. The second-order valence-corrected chi connectivity index (χ2v) is 5.32. The van der Waals surface area contributed by atoms with Crippen molar-refractivity contribution in [1.29, 1.82) is 0 Å². The van der Waals surface area contributed by atoms with Crippen molar-refractivity contribution in [1.82, 2.24) is 0 Å². The van der Waals surface area contributed by atoms with E-state index in [-0.39, 0.29) is 6.10 Å². The van der Waals surface area contributed by atoms with E-state index >= 15 is 0 Å². The van der Waals surface area contributed by atoms with Crippen molar-refractivity contribution in [3.63, 3.8) is 0 Å². The number of hydrogen-bond acceptors (Lipinski definition) is 4. The van der Waals surface area contributed by atoms with Crippen molar-refractivity contribution in [2.45, 2.75) is 51.1 Å². The van der Waals surface area contributed by atoms with Gasteiger partial charge in [-0.15, -0.1) is 0 Å². The highest BCUT2D eigenvalue weighted by Crippen LogP contribution is 2.25. The minimum atomic E-state index is -4.41. The standard InChI is InChI=1S/C14H18F4O4/c1-9-2-4-10(5-3-9)22-12(20)7-6-11(19)21-8-14(17,18)13(15)16/h6-7,9-10,13H,2-5,8H2,1H3/b7-6+. The summed E-state index contributed by atoms with van der Waals surface area (Å²) in [5.41, 5.74) is 0. The zero-order chi connectivity index (χ0) is 16.8. The Hall–Kier alpha value is -1.60. The Labute approximate surface area is 125 Å². The van der Waals surface area contributed by atoms with Gasteiger partial charge in [0.15, 0.2) is 6.61 Å².